The van der Waals surface area contributed by atoms with E-state index in [1.165, 1.54) is 6.20 Å². The smallest absolute Gasteiger partial charge is 0.246 e. The average molecular weight is 374 g/mol. The number of piperidine rings is 1. The van der Waals surface area contributed by atoms with E-state index in [2.05, 4.69) is 19.8 Å². The minimum Gasteiger partial charge on any atom is -0.345 e. The van der Waals surface area contributed by atoms with E-state index in [9.17, 15) is 13.2 Å². The lowest BCUT2D eigenvalue weighted by atomic mass is 10.1. The van der Waals surface area contributed by atoms with Crippen LogP contribution >= 0.6 is 0 Å². The van der Waals surface area contributed by atoms with E-state index in [0.29, 0.717) is 36.2 Å². The van der Waals surface area contributed by atoms with Crippen molar-refractivity contribution in [1.82, 2.24) is 24.5 Å². The molecule has 1 aliphatic heterocycles. The molecule has 3 aromatic heterocycles. The Hall–Kier alpha value is -2.72. The fourth-order valence-electron chi connectivity index (χ4n) is 3.25. The van der Waals surface area contributed by atoms with Crippen molar-refractivity contribution in [3.05, 3.63) is 36.8 Å². The van der Waals surface area contributed by atoms with Gasteiger partial charge in [0.1, 0.15) is 22.4 Å². The predicted molar refractivity (Wildman–Crippen MR) is 95.0 cm³/mol. The SMILES string of the molecule is Cn1nccc1N1CCC[C@H](NS(=O)(=O)c2c[nH]c3ncccc23)C1=O. The van der Waals surface area contributed by atoms with Gasteiger partial charge in [0.05, 0.1) is 6.20 Å². The van der Waals surface area contributed by atoms with Gasteiger partial charge in [-0.25, -0.2) is 13.4 Å². The number of sulfonamides is 1. The zero-order valence-corrected chi connectivity index (χ0v) is 14.9. The van der Waals surface area contributed by atoms with E-state index >= 15 is 0 Å². The number of carbonyl (C=O) groups is 1. The molecule has 1 saturated heterocycles. The van der Waals surface area contributed by atoms with Crippen LogP contribution in [0, 0.1) is 0 Å². The van der Waals surface area contributed by atoms with E-state index in [4.69, 9.17) is 0 Å². The molecule has 0 aromatic carbocycles. The van der Waals surface area contributed by atoms with Crippen molar-refractivity contribution >= 4 is 32.8 Å². The van der Waals surface area contributed by atoms with Crippen molar-refractivity contribution in [3.8, 4) is 0 Å². The van der Waals surface area contributed by atoms with Crippen LogP contribution in [0.15, 0.2) is 41.7 Å². The third-order valence-electron chi connectivity index (χ3n) is 4.51. The molecule has 1 amide bonds. The van der Waals surface area contributed by atoms with Crippen LogP contribution in [0.3, 0.4) is 0 Å². The van der Waals surface area contributed by atoms with Crippen LogP contribution in [0.25, 0.3) is 11.0 Å². The van der Waals surface area contributed by atoms with Crippen molar-refractivity contribution in [1.29, 1.82) is 0 Å². The Morgan fingerprint density at radius 3 is 2.92 bits per heavy atom. The maximum atomic E-state index is 12.8. The number of aromatic amines is 1. The second-order valence-corrected chi connectivity index (χ2v) is 7.85. The highest BCUT2D eigenvalue weighted by Crippen LogP contribution is 2.24. The summed E-state index contributed by atoms with van der Waals surface area (Å²) in [7, 11) is -2.12. The number of pyridine rings is 1. The highest BCUT2D eigenvalue weighted by atomic mass is 32.2. The summed E-state index contributed by atoms with van der Waals surface area (Å²) < 4.78 is 29.8. The maximum Gasteiger partial charge on any atom is 0.246 e. The van der Waals surface area contributed by atoms with Crippen molar-refractivity contribution in [3.63, 3.8) is 0 Å². The molecule has 4 rings (SSSR count). The second-order valence-electron chi connectivity index (χ2n) is 6.17. The van der Waals surface area contributed by atoms with Gasteiger partial charge in [-0.1, -0.05) is 0 Å². The van der Waals surface area contributed by atoms with E-state index in [1.807, 2.05) is 0 Å². The first-order valence-corrected chi connectivity index (χ1v) is 9.69. The Morgan fingerprint density at radius 1 is 1.31 bits per heavy atom. The molecule has 1 atom stereocenters. The number of nitrogens with zero attached hydrogens (tertiary/aromatic N) is 4. The number of anilines is 1. The highest BCUT2D eigenvalue weighted by Gasteiger charge is 2.34. The van der Waals surface area contributed by atoms with Crippen LogP contribution in [0.4, 0.5) is 5.82 Å². The Labute approximate surface area is 150 Å². The fourth-order valence-corrected chi connectivity index (χ4v) is 4.64. The van der Waals surface area contributed by atoms with Crippen LogP contribution in [-0.2, 0) is 21.9 Å². The van der Waals surface area contributed by atoms with Crippen LogP contribution in [0.1, 0.15) is 12.8 Å². The van der Waals surface area contributed by atoms with E-state index in [0.717, 1.165) is 0 Å². The van der Waals surface area contributed by atoms with Crippen LogP contribution in [-0.4, -0.2) is 46.7 Å². The number of hydrogen-bond acceptors (Lipinski definition) is 5. The minimum absolute atomic E-state index is 0.0889. The third-order valence-corrected chi connectivity index (χ3v) is 6.02. The molecule has 26 heavy (non-hydrogen) atoms. The molecule has 9 nitrogen and oxygen atoms in total. The third kappa shape index (κ3) is 2.76. The number of aromatic nitrogens is 4. The van der Waals surface area contributed by atoms with Gasteiger partial charge in [-0.2, -0.15) is 9.82 Å². The van der Waals surface area contributed by atoms with E-state index in [-0.39, 0.29) is 10.8 Å². The first-order chi connectivity index (χ1) is 12.5. The summed E-state index contributed by atoms with van der Waals surface area (Å²) in [5.41, 5.74) is 0.486. The van der Waals surface area contributed by atoms with Gasteiger partial charge in [0, 0.05) is 37.4 Å². The lowest BCUT2D eigenvalue weighted by Gasteiger charge is -2.32. The van der Waals surface area contributed by atoms with E-state index < -0.39 is 16.1 Å². The van der Waals surface area contributed by atoms with Gasteiger partial charge in [0.2, 0.25) is 15.9 Å². The number of nitrogens with one attached hydrogen (secondary N) is 2. The summed E-state index contributed by atoms with van der Waals surface area (Å²) in [6.45, 7) is 0.535. The van der Waals surface area contributed by atoms with Crippen molar-refractivity contribution in [2.24, 2.45) is 7.05 Å². The molecule has 1 aliphatic rings. The van der Waals surface area contributed by atoms with Crippen molar-refractivity contribution in [2.45, 2.75) is 23.8 Å². The molecule has 4 heterocycles. The topological polar surface area (TPSA) is 113 Å². The van der Waals surface area contributed by atoms with Gasteiger partial charge < -0.3 is 4.98 Å². The number of aryl methyl sites for hydroxylation is 1. The molecule has 1 fully saturated rings. The Morgan fingerprint density at radius 2 is 2.15 bits per heavy atom. The molecule has 10 heteroatoms. The zero-order chi connectivity index (χ0) is 18.3. The molecule has 0 radical (unpaired) electrons. The molecule has 2 N–H and O–H groups in total. The van der Waals surface area contributed by atoms with Gasteiger partial charge >= 0.3 is 0 Å². The zero-order valence-electron chi connectivity index (χ0n) is 14.1. The minimum atomic E-state index is -3.87. The van der Waals surface area contributed by atoms with Crippen LogP contribution < -0.4 is 9.62 Å². The molecule has 0 spiro atoms. The van der Waals surface area contributed by atoms with Gasteiger partial charge in [0.25, 0.3) is 0 Å². The largest absolute Gasteiger partial charge is 0.345 e. The summed E-state index contributed by atoms with van der Waals surface area (Å²) >= 11 is 0. The molecule has 3 aromatic rings. The Balaban J connectivity index is 1.61. The van der Waals surface area contributed by atoms with Crippen molar-refractivity contribution < 1.29 is 13.2 Å². The van der Waals surface area contributed by atoms with Gasteiger partial charge in [-0.3, -0.25) is 14.4 Å². The summed E-state index contributed by atoms with van der Waals surface area (Å²) in [5, 5.41) is 4.57. The quantitative estimate of drug-likeness (QED) is 0.700. The van der Waals surface area contributed by atoms with Gasteiger partial charge in [0.15, 0.2) is 0 Å². The molecular formula is C16H18N6O3S. The molecule has 0 unspecified atom stereocenters. The van der Waals surface area contributed by atoms with Gasteiger partial charge in [-0.05, 0) is 25.0 Å². The number of fused-ring (bicyclic) bond motifs is 1. The lowest BCUT2D eigenvalue weighted by Crippen LogP contribution is -2.52. The summed E-state index contributed by atoms with van der Waals surface area (Å²) in [6.07, 6.45) is 5.73. The molecule has 136 valence electrons. The Bertz CT molecular complexity index is 1070. The summed E-state index contributed by atoms with van der Waals surface area (Å²) in [5.74, 6) is 0.372. The standard InChI is InChI=1S/C16H18N6O3S/c1-21-14(6-8-19-21)22-9-3-5-12(16(22)23)20-26(24,25)13-10-18-15-11(13)4-2-7-17-15/h2,4,6-8,10,12,20H,3,5,9H2,1H3,(H,17,18)/t12-/m0/s1. The van der Waals surface area contributed by atoms with Gasteiger partial charge in [-0.15, -0.1) is 0 Å². The molecule has 0 saturated carbocycles. The number of hydrogen-bond donors (Lipinski definition) is 2. The predicted octanol–water partition coefficient (Wildman–Crippen LogP) is 0.770. The number of carbonyl (C=O) groups excluding carboxylic acids is 1. The molecular weight excluding hydrogens is 356 g/mol. The molecule has 0 aliphatic carbocycles. The normalized spacial score (nSPS) is 18.6. The number of amides is 1. The fraction of sp³-hybridized carbons (Fsp3) is 0.312. The summed E-state index contributed by atoms with van der Waals surface area (Å²) in [6, 6.07) is 4.27. The van der Waals surface area contributed by atoms with Crippen LogP contribution in [0.2, 0.25) is 0 Å². The van der Waals surface area contributed by atoms with E-state index in [1.54, 1.807) is 47.2 Å². The first-order valence-electron chi connectivity index (χ1n) is 8.21. The Kier molecular flexibility index (Phi) is 4.00. The maximum absolute atomic E-state index is 12.8. The average Bonchev–Trinajstić information content (AvgIpc) is 3.23. The first kappa shape index (κ1) is 16.7. The van der Waals surface area contributed by atoms with Crippen molar-refractivity contribution in [2.75, 3.05) is 11.4 Å². The second kappa shape index (κ2) is 6.22. The number of H-pyrrole nitrogens is 1. The summed E-state index contributed by atoms with van der Waals surface area (Å²) in [4.78, 5) is 21.4. The monoisotopic (exact) mass is 374 g/mol. The molecule has 0 bridgehead atoms. The highest BCUT2D eigenvalue weighted by molar-refractivity contribution is 7.89. The number of rotatable bonds is 4. The lowest BCUT2D eigenvalue weighted by molar-refractivity contribution is -0.121. The van der Waals surface area contributed by atoms with Crippen LogP contribution in [0.5, 0.6) is 0 Å².